The molecule has 0 fully saturated rings. The molecule has 22 valence electrons. The van der Waals surface area contributed by atoms with Gasteiger partial charge >= 0.3 is 0 Å². The molecule has 0 aliphatic rings. The molecule has 0 saturated carbocycles. The molecule has 0 atom stereocenters. The number of nitrogens with two attached hydrogens (primary N) is 1. The smallest absolute Gasteiger partial charge is 0.206 e. The highest BCUT2D eigenvalue weighted by Gasteiger charge is 1.59. The Bertz CT molecular complexity index is 10.8. The number of hydrazine groups is 1. The molecule has 0 unspecified atom stereocenters. The summed E-state index contributed by atoms with van der Waals surface area (Å²) in [7, 11) is 6.28. The van der Waals surface area contributed by atoms with Crippen LogP contribution in [0.3, 0.4) is 0 Å². The van der Waals surface area contributed by atoms with Crippen LogP contribution in [0.2, 0.25) is 0 Å². The van der Waals surface area contributed by atoms with Crippen LogP contribution in [0.5, 0.6) is 0 Å². The maximum Gasteiger partial charge on any atom is 0.206 e. The fourth-order valence-corrected chi connectivity index (χ4v) is 0. The van der Waals surface area contributed by atoms with E-state index in [2.05, 4.69) is 0 Å². The number of hydrogen-bond donors (Lipinski definition) is 1. The molecule has 0 saturated heterocycles. The molecular weight excluding hydrogens is 50.8 g/mol. The SMILES string of the molecule is [B]N(C)N. The molecule has 3 heteroatoms. The minimum absolute atomic E-state index is 1.00. The largest absolute Gasteiger partial charge is 0.304 e. The lowest BCUT2D eigenvalue weighted by atomic mass is 10.4. The fraction of sp³-hybridized carbons (Fsp3) is 1.00. The Morgan fingerprint density at radius 2 is 2.00 bits per heavy atom. The molecule has 0 amide bonds. The first-order valence-corrected chi connectivity index (χ1v) is 0.964. The summed E-state index contributed by atoms with van der Waals surface area (Å²) < 4.78 is 0. The van der Waals surface area contributed by atoms with Gasteiger partial charge in [-0.05, 0) is 7.05 Å². The van der Waals surface area contributed by atoms with Crippen LogP contribution in [-0.2, 0) is 0 Å². The van der Waals surface area contributed by atoms with E-state index in [1.165, 1.54) is 0 Å². The topological polar surface area (TPSA) is 29.3 Å². The van der Waals surface area contributed by atoms with Gasteiger partial charge in [0.1, 0.15) is 0 Å². The lowest BCUT2D eigenvalue weighted by Crippen LogP contribution is -2.21. The van der Waals surface area contributed by atoms with Gasteiger partial charge in [0.25, 0.3) is 0 Å². The van der Waals surface area contributed by atoms with Crippen LogP contribution in [0.25, 0.3) is 0 Å². The Labute approximate surface area is 27.0 Å². The van der Waals surface area contributed by atoms with Crippen LogP contribution in [0.4, 0.5) is 0 Å². The summed E-state index contributed by atoms with van der Waals surface area (Å²) in [6, 6.07) is 0. The van der Waals surface area contributed by atoms with E-state index in [4.69, 9.17) is 13.8 Å². The fourth-order valence-electron chi connectivity index (χ4n) is 0. The van der Waals surface area contributed by atoms with Crippen molar-refractivity contribution in [3.8, 4) is 0 Å². The zero-order chi connectivity index (χ0) is 3.58. The van der Waals surface area contributed by atoms with Gasteiger partial charge in [-0.1, -0.05) is 0 Å². The van der Waals surface area contributed by atoms with E-state index in [0.717, 1.165) is 4.92 Å². The molecule has 0 aliphatic carbocycles. The van der Waals surface area contributed by atoms with Crippen molar-refractivity contribution in [2.75, 3.05) is 7.05 Å². The summed E-state index contributed by atoms with van der Waals surface area (Å²) in [6.45, 7) is 0. The van der Waals surface area contributed by atoms with Gasteiger partial charge < -0.3 is 4.92 Å². The summed E-state index contributed by atoms with van der Waals surface area (Å²) in [4.78, 5) is 1.00. The zero-order valence-corrected chi connectivity index (χ0v) is 2.60. The Hall–Kier alpha value is -0.0151. The second-order valence-corrected chi connectivity index (χ2v) is 0.665. The number of hydrogen-bond acceptors (Lipinski definition) is 2. The van der Waals surface area contributed by atoms with Crippen LogP contribution in [0, 0.1) is 0 Å². The molecule has 0 aliphatic heterocycles. The molecule has 2 N–H and O–H groups in total. The molecule has 0 aromatic rings. The third-order valence-corrected chi connectivity index (χ3v) is 0. The van der Waals surface area contributed by atoms with E-state index < -0.39 is 0 Å². The summed E-state index contributed by atoms with van der Waals surface area (Å²) in [5.74, 6) is 4.72. The van der Waals surface area contributed by atoms with Crippen molar-refractivity contribution in [3.63, 3.8) is 0 Å². The first-order chi connectivity index (χ1) is 1.73. The summed E-state index contributed by atoms with van der Waals surface area (Å²) >= 11 is 0. The average molecular weight is 55.9 g/mol. The molecule has 0 bridgehead atoms. The third kappa shape index (κ3) is 8480. The van der Waals surface area contributed by atoms with Gasteiger partial charge in [-0.2, -0.15) is 0 Å². The van der Waals surface area contributed by atoms with Crippen molar-refractivity contribution in [1.29, 1.82) is 0 Å². The van der Waals surface area contributed by atoms with E-state index in [0.29, 0.717) is 0 Å². The predicted octanol–water partition coefficient (Wildman–Crippen LogP) is -1.12. The van der Waals surface area contributed by atoms with Gasteiger partial charge in [0.15, 0.2) is 0 Å². The van der Waals surface area contributed by atoms with E-state index >= 15 is 0 Å². The molecule has 2 nitrogen and oxygen atoms in total. The molecule has 0 spiro atoms. The van der Waals surface area contributed by atoms with E-state index in [-0.39, 0.29) is 0 Å². The summed E-state index contributed by atoms with van der Waals surface area (Å²) in [5.41, 5.74) is 0. The molecule has 0 rings (SSSR count). The maximum absolute atomic E-state index is 4.72. The maximum atomic E-state index is 4.72. The normalized spacial score (nSPS) is 8.75. The zero-order valence-electron chi connectivity index (χ0n) is 2.60. The first kappa shape index (κ1) is 3.98. The molecule has 0 aromatic heterocycles. The average Bonchev–Trinajstić information content (AvgIpc) is 0.811. The minimum atomic E-state index is 1.00. The summed E-state index contributed by atoms with van der Waals surface area (Å²) in [5, 5.41) is 0. The van der Waals surface area contributed by atoms with Gasteiger partial charge in [-0.15, -0.1) is 0 Å². The van der Waals surface area contributed by atoms with E-state index in [1.807, 2.05) is 0 Å². The van der Waals surface area contributed by atoms with E-state index in [1.54, 1.807) is 7.05 Å². The lowest BCUT2D eigenvalue weighted by molar-refractivity contribution is 0.587. The molecule has 0 aromatic carbocycles. The monoisotopic (exact) mass is 56.1 g/mol. The van der Waals surface area contributed by atoms with Gasteiger partial charge in [-0.3, -0.25) is 5.84 Å². The highest BCUT2D eigenvalue weighted by molar-refractivity contribution is 6.03. The van der Waals surface area contributed by atoms with E-state index in [9.17, 15) is 0 Å². The van der Waals surface area contributed by atoms with Crippen molar-refractivity contribution in [3.05, 3.63) is 0 Å². The lowest BCUT2D eigenvalue weighted by Gasteiger charge is -1.91. The molecule has 0 heterocycles. The first-order valence-electron chi connectivity index (χ1n) is 0.964. The van der Waals surface area contributed by atoms with Crippen molar-refractivity contribution in [1.82, 2.24) is 4.92 Å². The van der Waals surface area contributed by atoms with Crippen molar-refractivity contribution < 1.29 is 0 Å². The quantitative estimate of drug-likeness (QED) is 0.216. The highest BCUT2D eigenvalue weighted by atomic mass is 15.3. The summed E-state index contributed by atoms with van der Waals surface area (Å²) in [6.07, 6.45) is 0. The Balaban J connectivity index is 2.32. The Morgan fingerprint density at radius 1 is 2.00 bits per heavy atom. The second-order valence-electron chi connectivity index (χ2n) is 0.665. The Kier molecular flexibility index (Phi) is 1.31. The van der Waals surface area contributed by atoms with Gasteiger partial charge in [0.2, 0.25) is 7.98 Å². The van der Waals surface area contributed by atoms with Crippen molar-refractivity contribution in [2.24, 2.45) is 5.84 Å². The number of rotatable bonds is 0. The van der Waals surface area contributed by atoms with Crippen molar-refractivity contribution >= 4 is 7.98 Å². The van der Waals surface area contributed by atoms with Crippen LogP contribution < -0.4 is 5.84 Å². The Morgan fingerprint density at radius 3 is 2.00 bits per heavy atom. The van der Waals surface area contributed by atoms with Crippen LogP contribution in [0.15, 0.2) is 0 Å². The van der Waals surface area contributed by atoms with Crippen molar-refractivity contribution in [2.45, 2.75) is 0 Å². The molecule has 4 heavy (non-hydrogen) atoms. The predicted molar refractivity (Wildman–Crippen MR) is 17.7 cm³/mol. The highest BCUT2D eigenvalue weighted by Crippen LogP contribution is 1.34. The third-order valence-electron chi connectivity index (χ3n) is 0. The van der Waals surface area contributed by atoms with Crippen LogP contribution in [0.1, 0.15) is 0 Å². The molecule has 2 radical (unpaired) electrons. The number of nitrogens with zero attached hydrogens (tertiary/aromatic N) is 1. The standard InChI is InChI=1S/CH5BN2/c1-4(2)3/h3H2,1H3. The van der Waals surface area contributed by atoms with Gasteiger partial charge in [0.05, 0.1) is 0 Å². The van der Waals surface area contributed by atoms with Gasteiger partial charge in [-0.25, -0.2) is 0 Å². The molecular formula is CH5BN2. The van der Waals surface area contributed by atoms with Gasteiger partial charge in [0, 0.05) is 0 Å². The minimum Gasteiger partial charge on any atom is -0.304 e. The van der Waals surface area contributed by atoms with Crippen LogP contribution in [-0.4, -0.2) is 19.9 Å². The second kappa shape index (κ2) is 1.32. The van der Waals surface area contributed by atoms with Crippen LogP contribution >= 0.6 is 0 Å².